The Balaban J connectivity index is 1.16. The number of nitrogens with zero attached hydrogens (tertiary/aromatic N) is 3. The Kier molecular flexibility index (Phi) is 5.42. The normalized spacial score (nSPS) is 18.9. The summed E-state index contributed by atoms with van der Waals surface area (Å²) in [7, 11) is 0. The van der Waals surface area contributed by atoms with E-state index in [1.54, 1.807) is 11.5 Å². The third-order valence-electron chi connectivity index (χ3n) is 6.88. The van der Waals surface area contributed by atoms with Gasteiger partial charge in [0.15, 0.2) is 0 Å². The summed E-state index contributed by atoms with van der Waals surface area (Å²) >= 11 is 1.62. The molecule has 0 saturated carbocycles. The van der Waals surface area contributed by atoms with E-state index in [0.29, 0.717) is 0 Å². The molecule has 5 heteroatoms. The van der Waals surface area contributed by atoms with Gasteiger partial charge in [0.1, 0.15) is 5.82 Å². The van der Waals surface area contributed by atoms with Crippen LogP contribution in [0.2, 0.25) is 0 Å². The minimum Gasteiger partial charge on any atom is -0.385 e. The highest BCUT2D eigenvalue weighted by Gasteiger charge is 2.28. The third kappa shape index (κ3) is 3.81. The molecule has 2 aromatic carbocycles. The van der Waals surface area contributed by atoms with Crippen molar-refractivity contribution >= 4 is 33.1 Å². The minimum atomic E-state index is 0.285. The number of hydrogen-bond donors (Lipinski definition) is 1. The van der Waals surface area contributed by atoms with Crippen molar-refractivity contribution in [2.75, 3.05) is 49.5 Å². The molecular weight excluding hydrogens is 388 g/mol. The number of hydrogen-bond acceptors (Lipinski definition) is 5. The highest BCUT2D eigenvalue weighted by molar-refractivity contribution is 7.13. The molecule has 5 rings (SSSR count). The first-order valence-electron chi connectivity index (χ1n) is 11.3. The number of rotatable bonds is 5. The Bertz CT molecular complexity index is 1020. The monoisotopic (exact) mass is 420 g/mol. The molecule has 2 aliphatic rings. The number of aromatic nitrogens is 1. The van der Waals surface area contributed by atoms with Crippen molar-refractivity contribution in [3.8, 4) is 0 Å². The second-order valence-electron chi connectivity index (χ2n) is 9.33. The van der Waals surface area contributed by atoms with Gasteiger partial charge < -0.3 is 10.2 Å². The Morgan fingerprint density at radius 3 is 2.73 bits per heavy atom. The fraction of sp³-hybridized carbons (Fsp3) is 0.480. The lowest BCUT2D eigenvalue weighted by molar-refractivity contribution is 0.255. The molecule has 0 amide bonds. The van der Waals surface area contributed by atoms with Crippen molar-refractivity contribution in [3.63, 3.8) is 0 Å². The number of benzene rings is 2. The number of para-hydroxylation sites is 1. The van der Waals surface area contributed by atoms with Gasteiger partial charge in [-0.1, -0.05) is 44.2 Å². The summed E-state index contributed by atoms with van der Waals surface area (Å²) in [5, 5.41) is 4.99. The maximum Gasteiger partial charge on any atom is 0.150 e. The average Bonchev–Trinajstić information content (AvgIpc) is 3.19. The lowest BCUT2D eigenvalue weighted by Gasteiger charge is -2.36. The molecule has 3 aromatic rings. The van der Waals surface area contributed by atoms with E-state index in [1.165, 1.54) is 52.1 Å². The molecule has 3 heterocycles. The van der Waals surface area contributed by atoms with E-state index in [9.17, 15) is 0 Å². The van der Waals surface area contributed by atoms with Crippen LogP contribution in [0.3, 0.4) is 0 Å². The first kappa shape index (κ1) is 19.8. The molecule has 1 saturated heterocycles. The van der Waals surface area contributed by atoms with Crippen molar-refractivity contribution in [1.82, 2.24) is 9.27 Å². The molecule has 0 aliphatic carbocycles. The van der Waals surface area contributed by atoms with Crippen molar-refractivity contribution in [3.05, 3.63) is 53.6 Å². The zero-order chi connectivity index (χ0) is 20.6. The number of aryl methyl sites for hydroxylation is 1. The second-order valence-corrected chi connectivity index (χ2v) is 10.1. The Morgan fingerprint density at radius 2 is 1.87 bits per heavy atom. The molecule has 2 aliphatic heterocycles. The second kappa shape index (κ2) is 8.20. The lowest BCUT2D eigenvalue weighted by atomic mass is 9.77. The van der Waals surface area contributed by atoms with Crippen LogP contribution in [0.25, 0.3) is 10.1 Å². The van der Waals surface area contributed by atoms with E-state index in [4.69, 9.17) is 4.37 Å². The van der Waals surface area contributed by atoms with Gasteiger partial charge in [-0.3, -0.25) is 4.90 Å². The van der Waals surface area contributed by atoms with Crippen LogP contribution in [0, 0.1) is 0 Å². The summed E-state index contributed by atoms with van der Waals surface area (Å²) in [5.41, 5.74) is 4.68. The van der Waals surface area contributed by atoms with Crippen LogP contribution >= 0.6 is 11.5 Å². The molecular formula is C25H32N4S. The summed E-state index contributed by atoms with van der Waals surface area (Å²) in [5.74, 6) is 1.18. The summed E-state index contributed by atoms with van der Waals surface area (Å²) in [6.07, 6.45) is 3.59. The molecule has 1 aromatic heterocycles. The topological polar surface area (TPSA) is 31.4 Å². The third-order valence-corrected chi connectivity index (χ3v) is 7.70. The maximum atomic E-state index is 4.74. The van der Waals surface area contributed by atoms with E-state index in [2.05, 4.69) is 71.4 Å². The summed E-state index contributed by atoms with van der Waals surface area (Å²) < 4.78 is 6.03. The SMILES string of the molecule is CC1(C)CCNc2c(CCCN3CCN(c4nsc5ccccc45)CC3)cccc21. The molecule has 0 bridgehead atoms. The molecule has 0 spiro atoms. The van der Waals surface area contributed by atoms with Gasteiger partial charge in [0.25, 0.3) is 0 Å². The van der Waals surface area contributed by atoms with Crippen LogP contribution in [-0.2, 0) is 11.8 Å². The predicted molar refractivity (Wildman–Crippen MR) is 129 cm³/mol. The fourth-order valence-corrected chi connectivity index (χ4v) is 5.79. The summed E-state index contributed by atoms with van der Waals surface area (Å²) in [6.45, 7) is 11.4. The smallest absolute Gasteiger partial charge is 0.150 e. The van der Waals surface area contributed by atoms with Crippen LogP contribution in [-0.4, -0.2) is 48.5 Å². The number of piperazine rings is 1. The van der Waals surface area contributed by atoms with Crippen LogP contribution in [0.1, 0.15) is 37.8 Å². The zero-order valence-electron chi connectivity index (χ0n) is 18.2. The van der Waals surface area contributed by atoms with E-state index in [1.807, 2.05) is 0 Å². The minimum absolute atomic E-state index is 0.285. The highest BCUT2D eigenvalue weighted by Crippen LogP contribution is 2.38. The van der Waals surface area contributed by atoms with Gasteiger partial charge in [0, 0.05) is 43.8 Å². The van der Waals surface area contributed by atoms with Gasteiger partial charge in [-0.05, 0) is 66.0 Å². The number of fused-ring (bicyclic) bond motifs is 2. The molecule has 4 nitrogen and oxygen atoms in total. The Morgan fingerprint density at radius 1 is 1.03 bits per heavy atom. The van der Waals surface area contributed by atoms with Crippen molar-refractivity contribution in [2.24, 2.45) is 0 Å². The molecule has 1 fully saturated rings. The molecule has 0 atom stereocenters. The first-order chi connectivity index (χ1) is 14.6. The van der Waals surface area contributed by atoms with Gasteiger partial charge in [0.2, 0.25) is 0 Å². The molecule has 30 heavy (non-hydrogen) atoms. The van der Waals surface area contributed by atoms with Gasteiger partial charge in [-0.15, -0.1) is 0 Å². The van der Waals surface area contributed by atoms with E-state index in [0.717, 1.165) is 39.1 Å². The summed E-state index contributed by atoms with van der Waals surface area (Å²) in [6, 6.07) is 15.5. The number of anilines is 2. The van der Waals surface area contributed by atoms with E-state index >= 15 is 0 Å². The Labute approximate surface area is 184 Å². The fourth-order valence-electron chi connectivity index (χ4n) is 4.99. The van der Waals surface area contributed by atoms with Crippen molar-refractivity contribution in [1.29, 1.82) is 0 Å². The van der Waals surface area contributed by atoms with Gasteiger partial charge in [0.05, 0.1) is 4.70 Å². The Hall–Kier alpha value is -2.11. The number of nitrogens with one attached hydrogen (secondary N) is 1. The average molecular weight is 421 g/mol. The van der Waals surface area contributed by atoms with Crippen molar-refractivity contribution < 1.29 is 0 Å². The van der Waals surface area contributed by atoms with Gasteiger partial charge >= 0.3 is 0 Å². The molecule has 0 radical (unpaired) electrons. The molecule has 1 N–H and O–H groups in total. The standard InChI is InChI=1S/C25H32N4S/c1-25(2)12-13-26-23-19(7-5-10-21(23)25)8-6-14-28-15-17-29(18-16-28)24-20-9-3-4-11-22(20)30-27-24/h3-5,7,9-11,26H,6,8,12-18H2,1-2H3. The molecule has 0 unspecified atom stereocenters. The quantitative estimate of drug-likeness (QED) is 0.619. The van der Waals surface area contributed by atoms with Crippen LogP contribution < -0.4 is 10.2 Å². The van der Waals surface area contributed by atoms with E-state index in [-0.39, 0.29) is 5.41 Å². The highest BCUT2D eigenvalue weighted by atomic mass is 32.1. The zero-order valence-corrected chi connectivity index (χ0v) is 19.0. The predicted octanol–water partition coefficient (Wildman–Crippen LogP) is 5.14. The van der Waals surface area contributed by atoms with Crippen LogP contribution in [0.4, 0.5) is 11.5 Å². The van der Waals surface area contributed by atoms with Gasteiger partial charge in [-0.2, -0.15) is 4.37 Å². The maximum absolute atomic E-state index is 4.74. The van der Waals surface area contributed by atoms with E-state index < -0.39 is 0 Å². The molecule has 158 valence electrons. The van der Waals surface area contributed by atoms with Crippen LogP contribution in [0.15, 0.2) is 42.5 Å². The summed E-state index contributed by atoms with van der Waals surface area (Å²) in [4.78, 5) is 5.09. The lowest BCUT2D eigenvalue weighted by Crippen LogP contribution is -2.46. The van der Waals surface area contributed by atoms with Gasteiger partial charge in [-0.25, -0.2) is 0 Å². The van der Waals surface area contributed by atoms with Crippen LogP contribution in [0.5, 0.6) is 0 Å². The first-order valence-corrected chi connectivity index (χ1v) is 12.1. The van der Waals surface area contributed by atoms with Crippen molar-refractivity contribution in [2.45, 2.75) is 38.5 Å². The largest absolute Gasteiger partial charge is 0.385 e.